The number of aliphatic hydroxyl groups excluding tert-OH is 1. The number of aryl methyl sites for hydroxylation is 1. The zero-order valence-corrected chi connectivity index (χ0v) is 20.4. The summed E-state index contributed by atoms with van der Waals surface area (Å²) in [6, 6.07) is 13.4. The molecule has 2 saturated carbocycles. The van der Waals surface area contributed by atoms with E-state index in [2.05, 4.69) is 11.2 Å². The Labute approximate surface area is 204 Å². The van der Waals surface area contributed by atoms with Crippen LogP contribution in [0.2, 0.25) is 0 Å². The zero-order valence-electron chi connectivity index (χ0n) is 19.6. The fraction of sp³-hybridized carbons (Fsp3) is 0.370. The summed E-state index contributed by atoms with van der Waals surface area (Å²) in [5.74, 6) is -0.279. The summed E-state index contributed by atoms with van der Waals surface area (Å²) >= 11 is 0. The van der Waals surface area contributed by atoms with Crippen LogP contribution in [0.1, 0.15) is 36.1 Å². The van der Waals surface area contributed by atoms with Crippen molar-refractivity contribution in [1.82, 2.24) is 14.1 Å². The second-order valence-corrected chi connectivity index (χ2v) is 12.1. The molecule has 2 aromatic carbocycles. The number of hydrogen-bond donors (Lipinski definition) is 1. The highest BCUT2D eigenvalue weighted by Gasteiger charge is 2.72. The molecular formula is C27H28FN3O3S. The van der Waals surface area contributed by atoms with Crippen LogP contribution in [0.25, 0.3) is 11.8 Å². The molecule has 8 heteroatoms. The van der Waals surface area contributed by atoms with Crippen LogP contribution in [-0.4, -0.2) is 47.3 Å². The Morgan fingerprint density at radius 1 is 1.17 bits per heavy atom. The van der Waals surface area contributed by atoms with E-state index < -0.39 is 10.0 Å². The lowest BCUT2D eigenvalue weighted by atomic mass is 9.82. The minimum Gasteiger partial charge on any atom is -0.395 e. The fourth-order valence-electron chi connectivity index (χ4n) is 6.47. The van der Waals surface area contributed by atoms with Gasteiger partial charge in [0.05, 0.1) is 29.1 Å². The zero-order chi connectivity index (χ0) is 24.4. The predicted molar refractivity (Wildman–Crippen MR) is 131 cm³/mol. The average Bonchev–Trinajstić information content (AvgIpc) is 3.10. The summed E-state index contributed by atoms with van der Waals surface area (Å²) in [5, 5.41) is 14.3. The van der Waals surface area contributed by atoms with Crippen LogP contribution in [-0.2, 0) is 16.4 Å². The van der Waals surface area contributed by atoms with Gasteiger partial charge in [-0.1, -0.05) is 23.8 Å². The molecule has 0 radical (unpaired) electrons. The minimum absolute atomic E-state index is 0.0500. The number of halogens is 1. The molecule has 3 aliphatic rings. The van der Waals surface area contributed by atoms with E-state index in [1.807, 2.05) is 16.9 Å². The van der Waals surface area contributed by atoms with E-state index >= 15 is 0 Å². The molecule has 2 atom stereocenters. The molecule has 0 bridgehead atoms. The first-order chi connectivity index (χ1) is 16.8. The van der Waals surface area contributed by atoms with Crippen LogP contribution in [0.5, 0.6) is 0 Å². The van der Waals surface area contributed by atoms with Crippen molar-refractivity contribution in [3.63, 3.8) is 0 Å². The maximum atomic E-state index is 13.6. The maximum absolute atomic E-state index is 13.6. The number of fused-ring (bicyclic) bond motifs is 1. The van der Waals surface area contributed by atoms with Crippen molar-refractivity contribution in [3.05, 3.63) is 82.9 Å². The Kier molecular flexibility index (Phi) is 5.08. The third-order valence-electron chi connectivity index (χ3n) is 8.32. The lowest BCUT2D eigenvalue weighted by Crippen LogP contribution is -2.39. The summed E-state index contributed by atoms with van der Waals surface area (Å²) in [7, 11) is -3.72. The molecule has 1 spiro atoms. The molecule has 6 nitrogen and oxygen atoms in total. The van der Waals surface area contributed by atoms with Gasteiger partial charge < -0.3 is 5.11 Å². The van der Waals surface area contributed by atoms with Gasteiger partial charge in [-0.25, -0.2) is 17.5 Å². The van der Waals surface area contributed by atoms with Crippen LogP contribution in [0.4, 0.5) is 4.39 Å². The molecule has 0 aliphatic heterocycles. The molecule has 6 rings (SSSR count). The number of nitrogens with zero attached hydrogens (tertiary/aromatic N) is 3. The summed E-state index contributed by atoms with van der Waals surface area (Å²) in [4.78, 5) is 0.305. The minimum atomic E-state index is -3.72. The summed E-state index contributed by atoms with van der Waals surface area (Å²) in [5.41, 5.74) is 4.87. The molecule has 0 amide bonds. The molecular weight excluding hydrogens is 465 g/mol. The lowest BCUT2D eigenvalue weighted by Gasteiger charge is -2.29. The Morgan fingerprint density at radius 3 is 2.69 bits per heavy atom. The van der Waals surface area contributed by atoms with Crippen molar-refractivity contribution in [2.45, 2.75) is 37.5 Å². The van der Waals surface area contributed by atoms with Crippen molar-refractivity contribution >= 4 is 16.1 Å². The SMILES string of the molecule is Cc1ccccc1S(=O)(=O)N(CCO)C[C@@]12CCC3=Cc4c(cnn4-c4ccc(F)cc4)C[C@@]31C2. The van der Waals surface area contributed by atoms with Crippen molar-refractivity contribution in [3.8, 4) is 5.69 Å². The van der Waals surface area contributed by atoms with Gasteiger partial charge in [0.2, 0.25) is 10.0 Å². The first-order valence-electron chi connectivity index (χ1n) is 12.0. The molecule has 3 aromatic rings. The Bertz CT molecular complexity index is 1450. The monoisotopic (exact) mass is 493 g/mol. The van der Waals surface area contributed by atoms with E-state index in [9.17, 15) is 17.9 Å². The summed E-state index contributed by atoms with van der Waals surface area (Å²) < 4.78 is 43.9. The number of sulfonamides is 1. The first-order valence-corrected chi connectivity index (χ1v) is 13.4. The molecule has 1 N–H and O–H groups in total. The standard InChI is InChI=1S/C27H28FN3O3S/c1-19-4-2-3-5-25(19)35(33,34)30(12-13-32)18-26-11-10-21-14-24-20(15-27(21,26)17-26)16-29-31(24)23-8-6-22(28)7-9-23/h2-9,14,16,32H,10-13,15,17-18H2,1H3/t26-,27+/m0/s1. The number of hydrogen-bond acceptors (Lipinski definition) is 4. The number of aromatic nitrogens is 2. The van der Waals surface area contributed by atoms with Crippen molar-refractivity contribution < 1.29 is 17.9 Å². The molecule has 0 unspecified atom stereocenters. The third kappa shape index (κ3) is 3.34. The van der Waals surface area contributed by atoms with Crippen molar-refractivity contribution in [2.75, 3.05) is 19.7 Å². The second-order valence-electron chi connectivity index (χ2n) is 10.2. The maximum Gasteiger partial charge on any atom is 0.243 e. The van der Waals surface area contributed by atoms with Gasteiger partial charge in [-0.2, -0.15) is 9.40 Å². The van der Waals surface area contributed by atoms with E-state index in [-0.39, 0.29) is 29.8 Å². The number of benzene rings is 2. The molecule has 182 valence electrons. The van der Waals surface area contributed by atoms with Gasteiger partial charge in [-0.3, -0.25) is 0 Å². The number of rotatable bonds is 7. The van der Waals surface area contributed by atoms with E-state index in [4.69, 9.17) is 0 Å². The number of allylic oxidation sites excluding steroid dienone is 1. The quantitative estimate of drug-likeness (QED) is 0.538. The average molecular weight is 494 g/mol. The van der Waals surface area contributed by atoms with E-state index in [0.717, 1.165) is 42.6 Å². The van der Waals surface area contributed by atoms with Gasteiger partial charge in [0, 0.05) is 18.5 Å². The largest absolute Gasteiger partial charge is 0.395 e. The van der Waals surface area contributed by atoms with Crippen molar-refractivity contribution in [2.24, 2.45) is 10.8 Å². The Balaban J connectivity index is 1.31. The molecule has 35 heavy (non-hydrogen) atoms. The molecule has 1 aromatic heterocycles. The van der Waals surface area contributed by atoms with Crippen LogP contribution in [0.15, 0.2) is 65.2 Å². The Hall–Kier alpha value is -2.81. The highest BCUT2D eigenvalue weighted by Crippen LogP contribution is 2.78. The van der Waals surface area contributed by atoms with Crippen LogP contribution < -0.4 is 0 Å². The van der Waals surface area contributed by atoms with Crippen LogP contribution >= 0.6 is 0 Å². The topological polar surface area (TPSA) is 75.4 Å². The molecule has 3 aliphatic carbocycles. The highest BCUT2D eigenvalue weighted by molar-refractivity contribution is 7.89. The normalized spacial score (nSPS) is 24.6. The van der Waals surface area contributed by atoms with E-state index in [0.29, 0.717) is 17.0 Å². The molecule has 0 saturated heterocycles. The highest BCUT2D eigenvalue weighted by atomic mass is 32.2. The van der Waals surface area contributed by atoms with Gasteiger partial charge >= 0.3 is 0 Å². The summed E-state index contributed by atoms with van der Waals surface area (Å²) in [6.07, 6.45) is 7.72. The molecule has 1 heterocycles. The van der Waals surface area contributed by atoms with Crippen LogP contribution in [0, 0.1) is 23.6 Å². The third-order valence-corrected chi connectivity index (χ3v) is 10.3. The van der Waals surface area contributed by atoms with Gasteiger partial charge in [0.1, 0.15) is 5.82 Å². The second kappa shape index (κ2) is 7.85. The molecule has 2 fully saturated rings. The predicted octanol–water partition coefficient (Wildman–Crippen LogP) is 4.11. The number of aliphatic hydroxyl groups is 1. The van der Waals surface area contributed by atoms with Gasteiger partial charge in [-0.15, -0.1) is 0 Å². The first kappa shape index (κ1) is 22.6. The summed E-state index contributed by atoms with van der Waals surface area (Å²) in [6.45, 7) is 2.08. The van der Waals surface area contributed by atoms with Gasteiger partial charge in [0.15, 0.2) is 0 Å². The van der Waals surface area contributed by atoms with Crippen LogP contribution in [0.3, 0.4) is 0 Å². The fourth-order valence-corrected chi connectivity index (χ4v) is 8.21. The van der Waals surface area contributed by atoms with Gasteiger partial charge in [0.25, 0.3) is 0 Å². The van der Waals surface area contributed by atoms with E-state index in [1.165, 1.54) is 22.0 Å². The Morgan fingerprint density at radius 2 is 1.94 bits per heavy atom. The smallest absolute Gasteiger partial charge is 0.243 e. The van der Waals surface area contributed by atoms with Crippen molar-refractivity contribution in [1.29, 1.82) is 0 Å². The lowest BCUT2D eigenvalue weighted by molar-refractivity contribution is 0.224. The van der Waals surface area contributed by atoms with Gasteiger partial charge in [-0.05, 0) is 85.6 Å². The van der Waals surface area contributed by atoms with E-state index in [1.54, 1.807) is 37.3 Å².